The van der Waals surface area contributed by atoms with Gasteiger partial charge in [-0.1, -0.05) is 24.3 Å². The Morgan fingerprint density at radius 3 is 2.56 bits per heavy atom. The number of sulfonamides is 1. The van der Waals surface area contributed by atoms with Gasteiger partial charge in [0.05, 0.1) is 4.90 Å². The average Bonchev–Trinajstić information content (AvgIpc) is 3.49. The van der Waals surface area contributed by atoms with Gasteiger partial charge in [0.2, 0.25) is 10.0 Å². The van der Waals surface area contributed by atoms with Gasteiger partial charge in [0, 0.05) is 37.4 Å². The Balaban J connectivity index is 1.50. The van der Waals surface area contributed by atoms with E-state index in [9.17, 15) is 13.2 Å². The largest absolute Gasteiger partial charge is 0.375 e. The second-order valence-corrected chi connectivity index (χ2v) is 8.50. The number of anilines is 1. The van der Waals surface area contributed by atoms with E-state index in [0.717, 1.165) is 31.5 Å². The maximum absolute atomic E-state index is 12.3. The van der Waals surface area contributed by atoms with Crippen molar-refractivity contribution in [3.05, 3.63) is 60.2 Å². The van der Waals surface area contributed by atoms with Crippen molar-refractivity contribution in [2.24, 2.45) is 0 Å². The summed E-state index contributed by atoms with van der Waals surface area (Å²) in [6, 6.07) is 16.2. The van der Waals surface area contributed by atoms with Crippen LogP contribution >= 0.6 is 0 Å². The van der Waals surface area contributed by atoms with Crippen molar-refractivity contribution in [2.75, 3.05) is 25.0 Å². The van der Waals surface area contributed by atoms with E-state index in [2.05, 4.69) is 14.9 Å². The maximum Gasteiger partial charge on any atom is 0.251 e. The molecule has 27 heavy (non-hydrogen) atoms. The van der Waals surface area contributed by atoms with Gasteiger partial charge in [-0.25, -0.2) is 13.1 Å². The van der Waals surface area contributed by atoms with Gasteiger partial charge < -0.3 is 10.2 Å². The van der Waals surface area contributed by atoms with Crippen LogP contribution in [0.15, 0.2) is 59.5 Å². The zero-order valence-electron chi connectivity index (χ0n) is 15.4. The highest BCUT2D eigenvalue weighted by atomic mass is 32.2. The van der Waals surface area contributed by atoms with E-state index in [-0.39, 0.29) is 16.8 Å². The topological polar surface area (TPSA) is 78.5 Å². The van der Waals surface area contributed by atoms with Gasteiger partial charge in [-0.3, -0.25) is 4.79 Å². The molecule has 3 rings (SSSR count). The van der Waals surface area contributed by atoms with Crippen molar-refractivity contribution < 1.29 is 13.2 Å². The molecular weight excluding hydrogens is 362 g/mol. The minimum absolute atomic E-state index is 0.0362. The summed E-state index contributed by atoms with van der Waals surface area (Å²) in [5.41, 5.74) is 1.48. The molecule has 1 fully saturated rings. The van der Waals surface area contributed by atoms with Gasteiger partial charge in [0.1, 0.15) is 0 Å². The van der Waals surface area contributed by atoms with E-state index in [1.807, 2.05) is 37.4 Å². The van der Waals surface area contributed by atoms with E-state index < -0.39 is 10.0 Å². The highest BCUT2D eigenvalue weighted by Crippen LogP contribution is 2.22. The van der Waals surface area contributed by atoms with Crippen LogP contribution in [0.3, 0.4) is 0 Å². The fourth-order valence-corrected chi connectivity index (χ4v) is 4.08. The normalized spacial score (nSPS) is 14.0. The van der Waals surface area contributed by atoms with Crippen molar-refractivity contribution in [1.29, 1.82) is 0 Å². The molecule has 2 N–H and O–H groups in total. The van der Waals surface area contributed by atoms with Crippen LogP contribution in [0.2, 0.25) is 0 Å². The molecular formula is C20H25N3O3S. The van der Waals surface area contributed by atoms with Crippen LogP contribution in [0, 0.1) is 0 Å². The molecule has 7 heteroatoms. The minimum atomic E-state index is -3.56. The van der Waals surface area contributed by atoms with Crippen molar-refractivity contribution in [3.8, 4) is 0 Å². The first kappa shape index (κ1) is 19.4. The molecule has 1 saturated carbocycles. The molecule has 0 aliphatic heterocycles. The standard InChI is InChI=1S/C20H25N3O3S/c1-23(18-8-3-2-4-9-18)14-6-13-21-20(24)16-7-5-10-19(15-16)27(25,26)22-17-11-12-17/h2-5,7-10,15,17,22H,6,11-14H2,1H3,(H,21,24). The average molecular weight is 388 g/mol. The lowest BCUT2D eigenvalue weighted by atomic mass is 10.2. The van der Waals surface area contributed by atoms with E-state index in [4.69, 9.17) is 0 Å². The number of hydrogen-bond donors (Lipinski definition) is 2. The molecule has 1 aliphatic carbocycles. The number of carbonyl (C=O) groups is 1. The Bertz CT molecular complexity index is 880. The first-order valence-corrected chi connectivity index (χ1v) is 10.6. The predicted molar refractivity (Wildman–Crippen MR) is 106 cm³/mol. The van der Waals surface area contributed by atoms with Crippen LogP contribution in [-0.4, -0.2) is 40.5 Å². The van der Waals surface area contributed by atoms with Crippen molar-refractivity contribution in [3.63, 3.8) is 0 Å². The maximum atomic E-state index is 12.3. The van der Waals surface area contributed by atoms with Crippen molar-refractivity contribution in [2.45, 2.75) is 30.2 Å². The summed E-state index contributed by atoms with van der Waals surface area (Å²) in [5.74, 6) is -0.263. The first-order valence-electron chi connectivity index (χ1n) is 9.12. The van der Waals surface area contributed by atoms with Gasteiger partial charge in [0.15, 0.2) is 0 Å². The molecule has 0 bridgehead atoms. The van der Waals surface area contributed by atoms with Crippen LogP contribution in [-0.2, 0) is 10.0 Å². The van der Waals surface area contributed by atoms with E-state index in [1.54, 1.807) is 12.1 Å². The summed E-state index contributed by atoms with van der Waals surface area (Å²) in [4.78, 5) is 14.6. The number of rotatable bonds is 9. The van der Waals surface area contributed by atoms with Gasteiger partial charge in [0.25, 0.3) is 5.91 Å². The summed E-state index contributed by atoms with van der Waals surface area (Å²) in [6.45, 7) is 1.33. The van der Waals surface area contributed by atoms with Crippen LogP contribution in [0.4, 0.5) is 5.69 Å². The quantitative estimate of drug-likeness (QED) is 0.648. The molecule has 144 valence electrons. The fourth-order valence-electron chi connectivity index (χ4n) is 2.72. The van der Waals surface area contributed by atoms with Crippen molar-refractivity contribution in [1.82, 2.24) is 10.0 Å². The van der Waals surface area contributed by atoms with Gasteiger partial charge in [-0.15, -0.1) is 0 Å². The summed E-state index contributed by atoms with van der Waals surface area (Å²) in [5, 5.41) is 2.86. The Kier molecular flexibility index (Phi) is 6.13. The van der Waals surface area contributed by atoms with Gasteiger partial charge >= 0.3 is 0 Å². The summed E-state index contributed by atoms with van der Waals surface area (Å²) >= 11 is 0. The number of benzene rings is 2. The minimum Gasteiger partial charge on any atom is -0.375 e. The highest BCUT2D eigenvalue weighted by molar-refractivity contribution is 7.89. The number of amides is 1. The van der Waals surface area contributed by atoms with E-state index >= 15 is 0 Å². The van der Waals surface area contributed by atoms with E-state index in [0.29, 0.717) is 12.1 Å². The lowest BCUT2D eigenvalue weighted by Gasteiger charge is -2.19. The zero-order chi connectivity index (χ0) is 19.3. The Hall–Kier alpha value is -2.38. The second-order valence-electron chi connectivity index (χ2n) is 6.79. The summed E-state index contributed by atoms with van der Waals surface area (Å²) in [6.07, 6.45) is 2.53. The fraction of sp³-hybridized carbons (Fsp3) is 0.350. The smallest absolute Gasteiger partial charge is 0.251 e. The third kappa shape index (κ3) is 5.55. The SMILES string of the molecule is CN(CCCNC(=O)c1cccc(S(=O)(=O)NC2CC2)c1)c1ccccc1. The molecule has 0 radical (unpaired) electrons. The van der Waals surface area contributed by atoms with Crippen LogP contribution < -0.4 is 14.9 Å². The number of carbonyl (C=O) groups excluding carboxylic acids is 1. The Morgan fingerprint density at radius 1 is 1.11 bits per heavy atom. The third-order valence-electron chi connectivity index (χ3n) is 4.46. The predicted octanol–water partition coefficient (Wildman–Crippen LogP) is 2.38. The van der Waals surface area contributed by atoms with Crippen molar-refractivity contribution >= 4 is 21.6 Å². The molecule has 0 saturated heterocycles. The summed E-state index contributed by atoms with van der Waals surface area (Å²) in [7, 11) is -1.54. The lowest BCUT2D eigenvalue weighted by molar-refractivity contribution is 0.0953. The molecule has 0 spiro atoms. The van der Waals surface area contributed by atoms with Crippen LogP contribution in [0.5, 0.6) is 0 Å². The van der Waals surface area contributed by atoms with Crippen LogP contribution in [0.25, 0.3) is 0 Å². The molecule has 2 aromatic rings. The van der Waals surface area contributed by atoms with Gasteiger partial charge in [-0.05, 0) is 49.6 Å². The van der Waals surface area contributed by atoms with E-state index in [1.165, 1.54) is 12.1 Å². The van der Waals surface area contributed by atoms with Gasteiger partial charge in [-0.2, -0.15) is 0 Å². The molecule has 0 atom stereocenters. The third-order valence-corrected chi connectivity index (χ3v) is 5.98. The molecule has 0 unspecified atom stereocenters. The highest BCUT2D eigenvalue weighted by Gasteiger charge is 2.28. The van der Waals surface area contributed by atoms with Crippen LogP contribution in [0.1, 0.15) is 29.6 Å². The lowest BCUT2D eigenvalue weighted by Crippen LogP contribution is -2.29. The number of hydrogen-bond acceptors (Lipinski definition) is 4. The number of para-hydroxylation sites is 1. The Morgan fingerprint density at radius 2 is 1.85 bits per heavy atom. The monoisotopic (exact) mass is 387 g/mol. The molecule has 0 aromatic heterocycles. The molecule has 6 nitrogen and oxygen atoms in total. The Labute approximate surface area is 160 Å². The first-order chi connectivity index (χ1) is 13.0. The molecule has 1 aliphatic rings. The second kappa shape index (κ2) is 8.54. The molecule has 0 heterocycles. The number of nitrogens with one attached hydrogen (secondary N) is 2. The number of nitrogens with zero attached hydrogens (tertiary/aromatic N) is 1. The molecule has 1 amide bonds. The zero-order valence-corrected chi connectivity index (χ0v) is 16.2. The summed E-state index contributed by atoms with van der Waals surface area (Å²) < 4.78 is 27.2. The molecule has 2 aromatic carbocycles.